The number of rotatable bonds is 4. The van der Waals surface area contributed by atoms with Crippen LogP contribution in [0.1, 0.15) is 17.6 Å². The van der Waals surface area contributed by atoms with Crippen LogP contribution in [-0.4, -0.2) is 44.1 Å². The van der Waals surface area contributed by atoms with Crippen molar-refractivity contribution in [2.75, 3.05) is 17.7 Å². The SMILES string of the molecule is CNc1cc(C2C(Nc3ccn[nH]3)N=C3C(F)=CC=CN32)nc(C)n1. The molecule has 128 valence electrons. The van der Waals surface area contributed by atoms with Gasteiger partial charge in [-0.1, -0.05) is 0 Å². The number of nitrogens with zero attached hydrogens (tertiary/aromatic N) is 5. The number of halogens is 1. The largest absolute Gasteiger partial charge is 0.373 e. The minimum Gasteiger partial charge on any atom is -0.373 e. The van der Waals surface area contributed by atoms with E-state index in [2.05, 4.69) is 35.8 Å². The number of hydrogen-bond donors (Lipinski definition) is 3. The third kappa shape index (κ3) is 2.73. The normalized spacial score (nSPS) is 21.6. The third-order valence-corrected chi connectivity index (χ3v) is 4.03. The zero-order chi connectivity index (χ0) is 17.4. The van der Waals surface area contributed by atoms with Crippen LogP contribution in [0.5, 0.6) is 0 Å². The average Bonchev–Trinajstić information content (AvgIpc) is 3.23. The number of H-pyrrole nitrogens is 1. The second kappa shape index (κ2) is 6.00. The number of aliphatic imine (C=N–C) groups is 1. The molecule has 4 rings (SSSR count). The highest BCUT2D eigenvalue weighted by molar-refractivity contribution is 6.00. The van der Waals surface area contributed by atoms with Crippen LogP contribution in [0.3, 0.4) is 0 Å². The lowest BCUT2D eigenvalue weighted by Gasteiger charge is -2.28. The number of amidine groups is 1. The lowest BCUT2D eigenvalue weighted by molar-refractivity contribution is 0.392. The molecule has 8 nitrogen and oxygen atoms in total. The monoisotopic (exact) mass is 340 g/mol. The van der Waals surface area contributed by atoms with Crippen molar-refractivity contribution < 1.29 is 4.39 Å². The van der Waals surface area contributed by atoms with Crippen molar-refractivity contribution >= 4 is 17.5 Å². The highest BCUT2D eigenvalue weighted by Crippen LogP contribution is 2.36. The van der Waals surface area contributed by atoms with Crippen LogP contribution in [0.4, 0.5) is 16.0 Å². The Morgan fingerprint density at radius 1 is 1.32 bits per heavy atom. The van der Waals surface area contributed by atoms with E-state index in [1.165, 1.54) is 6.08 Å². The molecule has 0 amide bonds. The third-order valence-electron chi connectivity index (χ3n) is 4.03. The second-order valence-corrected chi connectivity index (χ2v) is 5.70. The van der Waals surface area contributed by atoms with Crippen molar-refractivity contribution in [1.82, 2.24) is 25.1 Å². The van der Waals surface area contributed by atoms with Gasteiger partial charge in [-0.2, -0.15) is 5.10 Å². The molecule has 2 aliphatic rings. The van der Waals surface area contributed by atoms with E-state index in [-0.39, 0.29) is 17.7 Å². The van der Waals surface area contributed by atoms with E-state index in [0.717, 1.165) is 5.69 Å². The smallest absolute Gasteiger partial charge is 0.167 e. The predicted octanol–water partition coefficient (Wildman–Crippen LogP) is 2.12. The predicted molar refractivity (Wildman–Crippen MR) is 92.7 cm³/mol. The Kier molecular flexibility index (Phi) is 3.68. The topological polar surface area (TPSA) is 94.1 Å². The number of allylic oxidation sites excluding steroid dienone is 2. The first-order valence-corrected chi connectivity index (χ1v) is 7.85. The molecule has 2 atom stereocenters. The molecule has 3 N–H and O–H groups in total. The summed E-state index contributed by atoms with van der Waals surface area (Å²) < 4.78 is 14.2. The van der Waals surface area contributed by atoms with Crippen molar-refractivity contribution in [2.24, 2.45) is 4.99 Å². The summed E-state index contributed by atoms with van der Waals surface area (Å²) in [5.74, 6) is 1.95. The summed E-state index contributed by atoms with van der Waals surface area (Å²) in [4.78, 5) is 15.2. The van der Waals surface area contributed by atoms with E-state index in [1.807, 2.05) is 13.0 Å². The summed E-state index contributed by atoms with van der Waals surface area (Å²) >= 11 is 0. The minimum atomic E-state index is -0.434. The molecule has 25 heavy (non-hydrogen) atoms. The van der Waals surface area contributed by atoms with Crippen molar-refractivity contribution in [3.8, 4) is 0 Å². The van der Waals surface area contributed by atoms with Gasteiger partial charge in [0.15, 0.2) is 11.7 Å². The van der Waals surface area contributed by atoms with Crippen LogP contribution < -0.4 is 10.6 Å². The second-order valence-electron chi connectivity index (χ2n) is 5.70. The highest BCUT2D eigenvalue weighted by atomic mass is 19.1. The summed E-state index contributed by atoms with van der Waals surface area (Å²) in [6.07, 6.45) is 6.07. The number of aromatic nitrogens is 4. The van der Waals surface area contributed by atoms with Crippen LogP contribution >= 0.6 is 0 Å². The van der Waals surface area contributed by atoms with E-state index in [1.54, 1.807) is 36.5 Å². The van der Waals surface area contributed by atoms with Crippen molar-refractivity contribution in [3.05, 3.63) is 54.0 Å². The first-order chi connectivity index (χ1) is 12.2. The van der Waals surface area contributed by atoms with Gasteiger partial charge in [-0.05, 0) is 25.1 Å². The Labute approximate surface area is 143 Å². The Bertz CT molecular complexity index is 870. The maximum Gasteiger partial charge on any atom is 0.167 e. The Hall–Kier alpha value is -3.23. The van der Waals surface area contributed by atoms with Gasteiger partial charge in [0.1, 0.15) is 29.7 Å². The molecule has 0 saturated heterocycles. The van der Waals surface area contributed by atoms with Crippen LogP contribution in [0, 0.1) is 6.92 Å². The number of fused-ring (bicyclic) bond motifs is 1. The van der Waals surface area contributed by atoms with Gasteiger partial charge in [0.25, 0.3) is 0 Å². The Morgan fingerprint density at radius 2 is 2.20 bits per heavy atom. The standard InChI is InChI=1S/C16H17FN8/c1-9-20-11(8-13(18-2)21-9)14-15(22-12-5-6-19-24-12)23-16-10(17)4-3-7-25(14)16/h3-8,14-15H,1-2H3,(H,18,20,21)(H2,19,22,24). The number of hydrogen-bond acceptors (Lipinski definition) is 7. The quantitative estimate of drug-likeness (QED) is 0.789. The van der Waals surface area contributed by atoms with Crippen molar-refractivity contribution in [2.45, 2.75) is 19.1 Å². The number of aryl methyl sites for hydroxylation is 1. The minimum absolute atomic E-state index is 0.284. The van der Waals surface area contributed by atoms with E-state index >= 15 is 0 Å². The van der Waals surface area contributed by atoms with Gasteiger partial charge in [-0.15, -0.1) is 0 Å². The molecule has 0 fully saturated rings. The molecule has 4 heterocycles. The summed E-state index contributed by atoms with van der Waals surface area (Å²) in [7, 11) is 1.80. The van der Waals surface area contributed by atoms with Gasteiger partial charge in [-0.3, -0.25) is 5.10 Å². The number of nitrogens with one attached hydrogen (secondary N) is 3. The zero-order valence-corrected chi connectivity index (χ0v) is 13.7. The van der Waals surface area contributed by atoms with Gasteiger partial charge in [0, 0.05) is 19.3 Å². The van der Waals surface area contributed by atoms with Gasteiger partial charge in [0.2, 0.25) is 0 Å². The van der Waals surface area contributed by atoms with Crippen LogP contribution in [0.2, 0.25) is 0 Å². The summed E-state index contributed by atoms with van der Waals surface area (Å²) in [6, 6.07) is 3.32. The lowest BCUT2D eigenvalue weighted by Crippen LogP contribution is -2.34. The molecule has 2 aromatic heterocycles. The molecular formula is C16H17FN8. The van der Waals surface area contributed by atoms with E-state index < -0.39 is 6.17 Å². The van der Waals surface area contributed by atoms with Crippen LogP contribution in [-0.2, 0) is 0 Å². The molecule has 0 aliphatic carbocycles. The molecule has 9 heteroatoms. The van der Waals surface area contributed by atoms with Gasteiger partial charge in [-0.25, -0.2) is 19.4 Å². The molecule has 0 spiro atoms. The Morgan fingerprint density at radius 3 is 2.96 bits per heavy atom. The summed E-state index contributed by atoms with van der Waals surface area (Å²) in [5, 5.41) is 13.0. The Balaban J connectivity index is 1.76. The molecule has 0 saturated carbocycles. The highest BCUT2D eigenvalue weighted by Gasteiger charge is 2.40. The fourth-order valence-electron chi connectivity index (χ4n) is 2.98. The first-order valence-electron chi connectivity index (χ1n) is 7.85. The molecule has 2 aromatic rings. The molecule has 0 bridgehead atoms. The molecular weight excluding hydrogens is 323 g/mol. The van der Waals surface area contributed by atoms with E-state index in [9.17, 15) is 4.39 Å². The van der Waals surface area contributed by atoms with Gasteiger partial charge in [0.05, 0.1) is 11.9 Å². The van der Waals surface area contributed by atoms with Gasteiger partial charge < -0.3 is 15.5 Å². The maximum atomic E-state index is 14.2. The number of anilines is 2. The molecule has 0 aromatic carbocycles. The lowest BCUT2D eigenvalue weighted by atomic mass is 10.1. The van der Waals surface area contributed by atoms with Crippen LogP contribution in [0.15, 0.2) is 47.5 Å². The maximum absolute atomic E-state index is 14.2. The fourth-order valence-corrected chi connectivity index (χ4v) is 2.98. The summed E-state index contributed by atoms with van der Waals surface area (Å²) in [5.41, 5.74) is 0.743. The molecule has 2 unspecified atom stereocenters. The average molecular weight is 340 g/mol. The van der Waals surface area contributed by atoms with E-state index in [4.69, 9.17) is 0 Å². The van der Waals surface area contributed by atoms with Crippen LogP contribution in [0.25, 0.3) is 0 Å². The van der Waals surface area contributed by atoms with Crippen molar-refractivity contribution in [1.29, 1.82) is 0 Å². The summed E-state index contributed by atoms with van der Waals surface area (Å²) in [6.45, 7) is 1.82. The van der Waals surface area contributed by atoms with E-state index in [0.29, 0.717) is 17.5 Å². The van der Waals surface area contributed by atoms with Gasteiger partial charge >= 0.3 is 0 Å². The number of aromatic amines is 1. The first kappa shape index (κ1) is 15.3. The molecule has 2 aliphatic heterocycles. The zero-order valence-electron chi connectivity index (χ0n) is 13.7. The molecule has 0 radical (unpaired) electrons. The fraction of sp³-hybridized carbons (Fsp3) is 0.250. The van der Waals surface area contributed by atoms with Crippen molar-refractivity contribution in [3.63, 3.8) is 0 Å².